The summed E-state index contributed by atoms with van der Waals surface area (Å²) in [6, 6.07) is 55.6. The van der Waals surface area contributed by atoms with Crippen LogP contribution >= 0.6 is 0 Å². The van der Waals surface area contributed by atoms with Gasteiger partial charge in [0.2, 0.25) is 0 Å². The first kappa shape index (κ1) is 23.9. The molecule has 0 bridgehead atoms. The van der Waals surface area contributed by atoms with Crippen molar-refractivity contribution in [3.8, 4) is 22.3 Å². The molecule has 194 valence electrons. The number of hydrogen-bond acceptors (Lipinski definition) is 1. The molecule has 0 saturated heterocycles. The zero-order valence-corrected chi connectivity index (χ0v) is 22.7. The minimum absolute atomic E-state index is 0.421. The van der Waals surface area contributed by atoms with E-state index in [0.29, 0.717) is 6.54 Å². The molecule has 0 saturated carbocycles. The highest BCUT2D eigenvalue weighted by atomic mass is 14.5. The fourth-order valence-electron chi connectivity index (χ4n) is 7.15. The summed E-state index contributed by atoms with van der Waals surface area (Å²) in [6.45, 7) is 0.504. The maximum atomic E-state index is 6.26. The van der Waals surface area contributed by atoms with E-state index in [1.54, 1.807) is 0 Å². The number of nitrogens with two attached hydrogens (primary N) is 1. The van der Waals surface area contributed by atoms with Crippen LogP contribution in [0.15, 0.2) is 152 Å². The molecule has 1 unspecified atom stereocenters. The summed E-state index contributed by atoms with van der Waals surface area (Å²) in [6.07, 6.45) is 0. The summed E-state index contributed by atoms with van der Waals surface area (Å²) in [5.41, 5.74) is 17.3. The summed E-state index contributed by atoms with van der Waals surface area (Å²) in [5.74, 6) is 0. The summed E-state index contributed by atoms with van der Waals surface area (Å²) in [5, 5.41) is 5.03. The predicted octanol–water partition coefficient (Wildman–Crippen LogP) is 9.48. The summed E-state index contributed by atoms with van der Waals surface area (Å²) >= 11 is 0. The van der Waals surface area contributed by atoms with Crippen molar-refractivity contribution in [1.29, 1.82) is 0 Å². The van der Waals surface area contributed by atoms with Crippen LogP contribution in [0.2, 0.25) is 0 Å². The first-order chi connectivity index (χ1) is 20.3. The van der Waals surface area contributed by atoms with Crippen molar-refractivity contribution in [2.45, 2.75) is 12.0 Å². The standard InChI is InChI=1S/C40H29N/c41-26-31-24-29-11-4-5-12-30(29)25-36(31)28-18-21-33(22-19-28)40(32-13-2-1-3-14-32)37-17-9-8-16-35(37)39-34-15-7-6-10-27(34)20-23-38(39)40/h1-25H,26,41H2. The minimum Gasteiger partial charge on any atom is -0.326 e. The molecule has 0 radical (unpaired) electrons. The largest absolute Gasteiger partial charge is 0.326 e. The van der Waals surface area contributed by atoms with Gasteiger partial charge in [-0.1, -0.05) is 140 Å². The minimum atomic E-state index is -0.421. The Balaban J connectivity index is 1.40. The van der Waals surface area contributed by atoms with E-state index < -0.39 is 5.41 Å². The molecule has 0 fully saturated rings. The summed E-state index contributed by atoms with van der Waals surface area (Å²) in [4.78, 5) is 0. The third kappa shape index (κ3) is 3.46. The molecular weight excluding hydrogens is 494 g/mol. The monoisotopic (exact) mass is 523 g/mol. The Hall–Kier alpha value is -4.98. The molecule has 41 heavy (non-hydrogen) atoms. The second kappa shape index (κ2) is 9.30. The van der Waals surface area contributed by atoms with E-state index in [1.807, 2.05) is 0 Å². The second-order valence-corrected chi connectivity index (χ2v) is 11.0. The van der Waals surface area contributed by atoms with E-state index in [2.05, 4.69) is 152 Å². The molecule has 0 heterocycles. The van der Waals surface area contributed by atoms with Gasteiger partial charge in [-0.05, 0) is 83.7 Å². The molecule has 1 aliphatic rings. The number of benzene rings is 7. The lowest BCUT2D eigenvalue weighted by molar-refractivity contribution is 0.769. The van der Waals surface area contributed by atoms with Crippen LogP contribution in [0, 0.1) is 0 Å². The van der Waals surface area contributed by atoms with Crippen molar-refractivity contribution in [3.63, 3.8) is 0 Å². The molecule has 0 spiro atoms. The van der Waals surface area contributed by atoms with Gasteiger partial charge in [-0.15, -0.1) is 0 Å². The van der Waals surface area contributed by atoms with E-state index in [4.69, 9.17) is 5.73 Å². The van der Waals surface area contributed by atoms with Crippen LogP contribution in [0.1, 0.15) is 27.8 Å². The Labute approximate surface area is 240 Å². The van der Waals surface area contributed by atoms with E-state index in [0.717, 1.165) is 5.56 Å². The molecule has 1 nitrogen and oxygen atoms in total. The Morgan fingerprint density at radius 3 is 1.88 bits per heavy atom. The number of hydrogen-bond donors (Lipinski definition) is 1. The molecular formula is C40H29N. The third-order valence-corrected chi connectivity index (χ3v) is 8.96. The van der Waals surface area contributed by atoms with E-state index in [-0.39, 0.29) is 0 Å². The zero-order valence-electron chi connectivity index (χ0n) is 22.7. The number of rotatable bonds is 4. The van der Waals surface area contributed by atoms with Gasteiger partial charge < -0.3 is 5.73 Å². The van der Waals surface area contributed by atoms with Gasteiger partial charge in [0.05, 0.1) is 5.41 Å². The predicted molar refractivity (Wildman–Crippen MR) is 172 cm³/mol. The fourth-order valence-corrected chi connectivity index (χ4v) is 7.15. The molecule has 1 heteroatoms. The lowest BCUT2D eigenvalue weighted by atomic mass is 9.67. The van der Waals surface area contributed by atoms with Crippen LogP contribution < -0.4 is 5.73 Å². The van der Waals surface area contributed by atoms with Gasteiger partial charge in [-0.25, -0.2) is 0 Å². The van der Waals surface area contributed by atoms with Crippen LogP contribution in [-0.4, -0.2) is 0 Å². The summed E-state index contributed by atoms with van der Waals surface area (Å²) in [7, 11) is 0. The quantitative estimate of drug-likeness (QED) is 0.244. The van der Waals surface area contributed by atoms with Crippen molar-refractivity contribution < 1.29 is 0 Å². The van der Waals surface area contributed by atoms with Crippen molar-refractivity contribution in [3.05, 3.63) is 179 Å². The van der Waals surface area contributed by atoms with Crippen LogP contribution in [-0.2, 0) is 12.0 Å². The van der Waals surface area contributed by atoms with Crippen LogP contribution in [0.25, 0.3) is 43.8 Å². The molecule has 1 atom stereocenters. The Bertz CT molecular complexity index is 2070. The molecule has 8 rings (SSSR count). The first-order valence-electron chi connectivity index (χ1n) is 14.3. The van der Waals surface area contributed by atoms with E-state index >= 15 is 0 Å². The van der Waals surface area contributed by atoms with Crippen molar-refractivity contribution in [1.82, 2.24) is 0 Å². The Morgan fingerprint density at radius 1 is 0.463 bits per heavy atom. The van der Waals surface area contributed by atoms with Gasteiger partial charge in [-0.2, -0.15) is 0 Å². The molecule has 0 amide bonds. The van der Waals surface area contributed by atoms with Gasteiger partial charge in [0, 0.05) is 6.54 Å². The third-order valence-electron chi connectivity index (χ3n) is 8.96. The van der Waals surface area contributed by atoms with Crippen molar-refractivity contribution in [2.24, 2.45) is 5.73 Å². The highest BCUT2D eigenvalue weighted by Gasteiger charge is 2.46. The number of fused-ring (bicyclic) bond motifs is 6. The zero-order chi connectivity index (χ0) is 27.4. The molecule has 7 aromatic rings. The first-order valence-corrected chi connectivity index (χ1v) is 14.3. The molecule has 1 aliphatic carbocycles. The molecule has 2 N–H and O–H groups in total. The SMILES string of the molecule is NCc1cc2ccccc2cc1-c1ccc(C2(c3ccccc3)c3ccccc3-c3c2ccc2ccccc32)cc1. The van der Waals surface area contributed by atoms with E-state index in [1.165, 1.54) is 66.1 Å². The van der Waals surface area contributed by atoms with E-state index in [9.17, 15) is 0 Å². The van der Waals surface area contributed by atoms with Crippen LogP contribution in [0.5, 0.6) is 0 Å². The average molecular weight is 524 g/mol. The van der Waals surface area contributed by atoms with Gasteiger partial charge in [-0.3, -0.25) is 0 Å². The highest BCUT2D eigenvalue weighted by molar-refractivity contribution is 6.04. The lowest BCUT2D eigenvalue weighted by Gasteiger charge is -2.34. The molecule has 7 aromatic carbocycles. The highest BCUT2D eigenvalue weighted by Crippen LogP contribution is 2.57. The summed E-state index contributed by atoms with van der Waals surface area (Å²) < 4.78 is 0. The molecule has 0 aromatic heterocycles. The molecule has 0 aliphatic heterocycles. The van der Waals surface area contributed by atoms with Crippen LogP contribution in [0.4, 0.5) is 0 Å². The van der Waals surface area contributed by atoms with Crippen molar-refractivity contribution >= 4 is 21.5 Å². The van der Waals surface area contributed by atoms with Gasteiger partial charge in [0.1, 0.15) is 0 Å². The van der Waals surface area contributed by atoms with Crippen LogP contribution in [0.3, 0.4) is 0 Å². The Morgan fingerprint density at radius 2 is 1.10 bits per heavy atom. The average Bonchev–Trinajstić information content (AvgIpc) is 3.36. The normalized spacial score (nSPS) is 15.6. The topological polar surface area (TPSA) is 26.0 Å². The Kier molecular flexibility index (Phi) is 5.41. The van der Waals surface area contributed by atoms with Gasteiger partial charge in [0.15, 0.2) is 0 Å². The lowest BCUT2D eigenvalue weighted by Crippen LogP contribution is -2.28. The maximum Gasteiger partial charge on any atom is 0.0713 e. The smallest absolute Gasteiger partial charge is 0.0713 e. The van der Waals surface area contributed by atoms with Gasteiger partial charge >= 0.3 is 0 Å². The fraction of sp³-hybridized carbons (Fsp3) is 0.0500. The van der Waals surface area contributed by atoms with Crippen molar-refractivity contribution in [2.75, 3.05) is 0 Å². The maximum absolute atomic E-state index is 6.26. The van der Waals surface area contributed by atoms with Gasteiger partial charge in [0.25, 0.3) is 0 Å². The second-order valence-electron chi connectivity index (χ2n) is 11.0.